The van der Waals surface area contributed by atoms with Crippen LogP contribution >= 0.6 is 0 Å². The molecule has 0 aromatic heterocycles. The van der Waals surface area contributed by atoms with Crippen LogP contribution in [0.5, 0.6) is 0 Å². The average Bonchev–Trinajstić information content (AvgIpc) is 2.81. The smallest absolute Gasteiger partial charge is 0.317 e. The molecule has 0 aromatic carbocycles. The van der Waals surface area contributed by atoms with Gasteiger partial charge in [0.1, 0.15) is 0 Å². The summed E-state index contributed by atoms with van der Waals surface area (Å²) in [6.45, 7) is 5.36. The second-order valence-electron chi connectivity index (χ2n) is 5.10. The van der Waals surface area contributed by atoms with Gasteiger partial charge in [-0.25, -0.2) is 4.79 Å². The van der Waals surface area contributed by atoms with Gasteiger partial charge in [0, 0.05) is 19.6 Å². The van der Waals surface area contributed by atoms with Gasteiger partial charge in [0.05, 0.1) is 5.41 Å². The monoisotopic (exact) mass is 268 g/mol. The maximum absolute atomic E-state index is 11.9. The molecule has 0 aromatic rings. The lowest BCUT2D eigenvalue weighted by molar-refractivity contribution is -0.148. The number of nitrogens with zero attached hydrogens (tertiary/aromatic N) is 1. The maximum Gasteiger partial charge on any atom is 0.317 e. The molecule has 1 fully saturated rings. The van der Waals surface area contributed by atoms with Crippen LogP contribution in [-0.2, 0) is 4.79 Å². The number of rotatable bonds is 6. The van der Waals surface area contributed by atoms with Crippen LogP contribution in [0.2, 0.25) is 0 Å². The van der Waals surface area contributed by atoms with Crippen molar-refractivity contribution in [1.29, 1.82) is 0 Å². The number of urea groups is 1. The molecule has 1 unspecified atom stereocenters. The molecule has 1 rings (SSSR count). The number of hydrogen-bond acceptors (Lipinski definition) is 2. The van der Waals surface area contributed by atoms with E-state index in [-0.39, 0.29) is 6.03 Å². The first-order valence-electron chi connectivity index (χ1n) is 6.93. The molecule has 1 heterocycles. The van der Waals surface area contributed by atoms with Crippen molar-refractivity contribution < 1.29 is 14.7 Å². The van der Waals surface area contributed by atoms with Crippen LogP contribution in [-0.4, -0.2) is 41.6 Å². The Hall–Kier alpha value is -1.52. The molecule has 0 bridgehead atoms. The van der Waals surface area contributed by atoms with Gasteiger partial charge in [-0.2, -0.15) is 0 Å². The first-order valence-corrected chi connectivity index (χ1v) is 6.93. The summed E-state index contributed by atoms with van der Waals surface area (Å²) in [6, 6.07) is -0.149. The molecule has 2 amide bonds. The fraction of sp³-hybridized carbons (Fsp3) is 0.714. The Bertz CT molecular complexity index is 355. The summed E-state index contributed by atoms with van der Waals surface area (Å²) in [5.41, 5.74) is -0.741. The molecule has 1 aliphatic rings. The summed E-state index contributed by atoms with van der Waals surface area (Å²) in [5.74, 6) is -0.779. The number of aliphatic carboxylic acids is 1. The summed E-state index contributed by atoms with van der Waals surface area (Å²) in [4.78, 5) is 25.0. The molecule has 108 valence electrons. The number of carboxylic acid groups (broad SMARTS) is 1. The number of hydrogen-bond donors (Lipinski definition) is 2. The quantitative estimate of drug-likeness (QED) is 0.573. The molecule has 1 saturated heterocycles. The zero-order valence-electron chi connectivity index (χ0n) is 11.8. The van der Waals surface area contributed by atoms with Gasteiger partial charge in [-0.05, 0) is 26.2 Å². The average molecular weight is 268 g/mol. The molecule has 1 aliphatic heterocycles. The third-order valence-corrected chi connectivity index (χ3v) is 3.65. The number of allylic oxidation sites excluding steroid dienone is 1. The highest BCUT2D eigenvalue weighted by Crippen LogP contribution is 2.35. The zero-order valence-corrected chi connectivity index (χ0v) is 11.8. The van der Waals surface area contributed by atoms with Crippen LogP contribution in [0.15, 0.2) is 12.2 Å². The topological polar surface area (TPSA) is 69.6 Å². The predicted octanol–water partition coefficient (Wildman–Crippen LogP) is 2.24. The van der Waals surface area contributed by atoms with Crippen molar-refractivity contribution in [2.24, 2.45) is 5.41 Å². The normalized spacial score (nSPS) is 22.9. The number of likely N-dealkylation sites (tertiary alicyclic amines) is 1. The fourth-order valence-corrected chi connectivity index (χ4v) is 2.55. The predicted molar refractivity (Wildman–Crippen MR) is 74.0 cm³/mol. The minimum absolute atomic E-state index is 0.149. The standard InChI is InChI=1S/C14H24N2O3/c1-3-5-6-9-15-13(19)16-10-8-14(11-16,7-4-2)12(17)18/h3,5H,4,6-11H2,1-2H3,(H,15,19)(H,17,18)/b5-3+. The van der Waals surface area contributed by atoms with Gasteiger partial charge in [0.25, 0.3) is 0 Å². The van der Waals surface area contributed by atoms with Gasteiger partial charge in [-0.3, -0.25) is 4.79 Å². The SMILES string of the molecule is C/C=C/CCNC(=O)N1CCC(CCC)(C(=O)O)C1. The molecule has 1 atom stereocenters. The van der Waals surface area contributed by atoms with Crippen molar-refractivity contribution in [2.75, 3.05) is 19.6 Å². The van der Waals surface area contributed by atoms with E-state index in [4.69, 9.17) is 0 Å². The number of amides is 2. The Balaban J connectivity index is 2.49. The van der Waals surface area contributed by atoms with Crippen LogP contribution in [0, 0.1) is 5.41 Å². The van der Waals surface area contributed by atoms with Crippen LogP contribution in [0.4, 0.5) is 4.79 Å². The zero-order chi connectivity index (χ0) is 14.3. The van der Waals surface area contributed by atoms with E-state index >= 15 is 0 Å². The van der Waals surface area contributed by atoms with E-state index in [2.05, 4.69) is 5.32 Å². The highest BCUT2D eigenvalue weighted by Gasteiger charge is 2.45. The number of carboxylic acids is 1. The first-order chi connectivity index (χ1) is 9.05. The summed E-state index contributed by atoms with van der Waals surface area (Å²) < 4.78 is 0. The van der Waals surface area contributed by atoms with Crippen molar-refractivity contribution >= 4 is 12.0 Å². The number of carbonyl (C=O) groups excluding carboxylic acids is 1. The van der Waals surface area contributed by atoms with Gasteiger partial charge in [-0.1, -0.05) is 25.5 Å². The third-order valence-electron chi connectivity index (χ3n) is 3.65. The van der Waals surface area contributed by atoms with E-state index in [1.807, 2.05) is 26.0 Å². The van der Waals surface area contributed by atoms with Crippen LogP contribution in [0.3, 0.4) is 0 Å². The lowest BCUT2D eigenvalue weighted by Gasteiger charge is -2.24. The van der Waals surface area contributed by atoms with E-state index in [0.29, 0.717) is 32.5 Å². The van der Waals surface area contributed by atoms with Crippen LogP contribution in [0.25, 0.3) is 0 Å². The number of nitrogens with one attached hydrogen (secondary N) is 1. The molecule has 0 radical (unpaired) electrons. The van der Waals surface area contributed by atoms with E-state index < -0.39 is 11.4 Å². The molecule has 19 heavy (non-hydrogen) atoms. The van der Waals surface area contributed by atoms with Crippen molar-refractivity contribution in [3.63, 3.8) is 0 Å². The molecular formula is C14H24N2O3. The Kier molecular flexibility index (Phi) is 5.86. The molecule has 5 heteroatoms. The lowest BCUT2D eigenvalue weighted by atomic mass is 9.83. The minimum atomic E-state index is -0.779. The molecular weight excluding hydrogens is 244 g/mol. The number of carbonyl (C=O) groups is 2. The molecule has 0 spiro atoms. The van der Waals surface area contributed by atoms with Crippen LogP contribution < -0.4 is 5.32 Å². The second kappa shape index (κ2) is 7.16. The van der Waals surface area contributed by atoms with E-state index in [9.17, 15) is 14.7 Å². The Labute approximate surface area is 114 Å². The van der Waals surface area contributed by atoms with E-state index in [1.54, 1.807) is 4.90 Å². The largest absolute Gasteiger partial charge is 0.481 e. The van der Waals surface area contributed by atoms with Crippen molar-refractivity contribution in [3.8, 4) is 0 Å². The van der Waals surface area contributed by atoms with E-state index in [0.717, 1.165) is 12.8 Å². The van der Waals surface area contributed by atoms with Gasteiger partial charge in [0.2, 0.25) is 0 Å². The lowest BCUT2D eigenvalue weighted by Crippen LogP contribution is -2.42. The summed E-state index contributed by atoms with van der Waals surface area (Å²) in [7, 11) is 0. The molecule has 5 nitrogen and oxygen atoms in total. The summed E-state index contributed by atoms with van der Waals surface area (Å²) in [6.07, 6.45) is 6.74. The summed E-state index contributed by atoms with van der Waals surface area (Å²) >= 11 is 0. The molecule has 0 saturated carbocycles. The minimum Gasteiger partial charge on any atom is -0.481 e. The second-order valence-corrected chi connectivity index (χ2v) is 5.10. The van der Waals surface area contributed by atoms with Crippen molar-refractivity contribution in [3.05, 3.63) is 12.2 Å². The van der Waals surface area contributed by atoms with Gasteiger partial charge >= 0.3 is 12.0 Å². The highest BCUT2D eigenvalue weighted by molar-refractivity contribution is 5.79. The molecule has 0 aliphatic carbocycles. The van der Waals surface area contributed by atoms with Gasteiger partial charge in [-0.15, -0.1) is 0 Å². The van der Waals surface area contributed by atoms with Crippen molar-refractivity contribution in [2.45, 2.75) is 39.5 Å². The van der Waals surface area contributed by atoms with Gasteiger partial charge < -0.3 is 15.3 Å². The fourth-order valence-electron chi connectivity index (χ4n) is 2.55. The Morgan fingerprint density at radius 2 is 2.21 bits per heavy atom. The summed E-state index contributed by atoms with van der Waals surface area (Å²) in [5, 5.41) is 12.2. The van der Waals surface area contributed by atoms with Gasteiger partial charge in [0.15, 0.2) is 0 Å². The van der Waals surface area contributed by atoms with E-state index in [1.165, 1.54) is 0 Å². The first kappa shape index (κ1) is 15.5. The Morgan fingerprint density at radius 3 is 2.79 bits per heavy atom. The van der Waals surface area contributed by atoms with Crippen molar-refractivity contribution in [1.82, 2.24) is 10.2 Å². The highest BCUT2D eigenvalue weighted by atomic mass is 16.4. The van der Waals surface area contributed by atoms with Crippen LogP contribution in [0.1, 0.15) is 39.5 Å². The molecule has 2 N–H and O–H groups in total. The maximum atomic E-state index is 11.9. The third kappa shape index (κ3) is 3.98. The Morgan fingerprint density at radius 1 is 1.47 bits per heavy atom.